The van der Waals surface area contributed by atoms with Crippen molar-refractivity contribution >= 4 is 11.5 Å². The van der Waals surface area contributed by atoms with Gasteiger partial charge in [-0.2, -0.15) is 4.52 Å². The zero-order valence-corrected chi connectivity index (χ0v) is 15.6. The molecule has 1 aliphatic heterocycles. The molecule has 0 bridgehead atoms. The average molecular weight is 363 g/mol. The molecule has 3 aromatic rings. The Morgan fingerprint density at radius 1 is 1.07 bits per heavy atom. The second kappa shape index (κ2) is 6.93. The Kier molecular flexibility index (Phi) is 4.28. The van der Waals surface area contributed by atoms with E-state index in [0.717, 1.165) is 43.3 Å². The summed E-state index contributed by atoms with van der Waals surface area (Å²) in [4.78, 5) is 0. The van der Waals surface area contributed by atoms with Crippen molar-refractivity contribution in [2.75, 3.05) is 18.5 Å². The Morgan fingerprint density at radius 3 is 2.74 bits per heavy atom. The van der Waals surface area contributed by atoms with Gasteiger partial charge in [-0.3, -0.25) is 0 Å². The molecular formula is C21H25N5O. The van der Waals surface area contributed by atoms with Gasteiger partial charge in [0.05, 0.1) is 6.10 Å². The van der Waals surface area contributed by atoms with Gasteiger partial charge < -0.3 is 10.1 Å². The van der Waals surface area contributed by atoms with E-state index in [4.69, 9.17) is 9.84 Å². The maximum absolute atomic E-state index is 6.14. The van der Waals surface area contributed by atoms with Gasteiger partial charge in [0.25, 0.3) is 0 Å². The average Bonchev–Trinajstić information content (AvgIpc) is 3.46. The lowest BCUT2D eigenvalue weighted by molar-refractivity contribution is -0.0238. The summed E-state index contributed by atoms with van der Waals surface area (Å²) in [6.45, 7) is 3.80. The largest absolute Gasteiger partial charge is 0.373 e. The molecule has 1 aromatic carbocycles. The Balaban J connectivity index is 1.32. The highest BCUT2D eigenvalue weighted by molar-refractivity contribution is 5.44. The van der Waals surface area contributed by atoms with E-state index in [1.807, 2.05) is 16.6 Å². The SMILES string of the molecule is Cc1ccc(C2OCCCC2CNc2ccc3nnc(C4CC4)n3n2)cc1. The fourth-order valence-corrected chi connectivity index (χ4v) is 3.91. The van der Waals surface area contributed by atoms with Crippen LogP contribution in [0.4, 0.5) is 5.82 Å². The Hall–Kier alpha value is -2.47. The normalized spacial score (nSPS) is 22.9. The number of aryl methyl sites for hydroxylation is 1. The van der Waals surface area contributed by atoms with Crippen molar-refractivity contribution in [3.05, 3.63) is 53.3 Å². The number of anilines is 1. The van der Waals surface area contributed by atoms with Crippen molar-refractivity contribution in [1.29, 1.82) is 0 Å². The van der Waals surface area contributed by atoms with E-state index >= 15 is 0 Å². The number of rotatable bonds is 5. The molecule has 3 heterocycles. The summed E-state index contributed by atoms with van der Waals surface area (Å²) in [6, 6.07) is 12.7. The molecule has 1 saturated heterocycles. The van der Waals surface area contributed by atoms with Gasteiger partial charge in [-0.1, -0.05) is 29.8 Å². The van der Waals surface area contributed by atoms with Gasteiger partial charge in [-0.05, 0) is 50.3 Å². The third-order valence-electron chi connectivity index (χ3n) is 5.63. The van der Waals surface area contributed by atoms with Gasteiger partial charge in [-0.25, -0.2) is 0 Å². The lowest BCUT2D eigenvalue weighted by Gasteiger charge is -2.32. The van der Waals surface area contributed by atoms with Crippen LogP contribution in [0.1, 0.15) is 54.7 Å². The van der Waals surface area contributed by atoms with Crippen LogP contribution in [0.25, 0.3) is 5.65 Å². The second-order valence-corrected chi connectivity index (χ2v) is 7.81. The molecule has 27 heavy (non-hydrogen) atoms. The number of ether oxygens (including phenoxy) is 1. The van der Waals surface area contributed by atoms with Crippen molar-refractivity contribution in [1.82, 2.24) is 19.8 Å². The van der Waals surface area contributed by atoms with Crippen molar-refractivity contribution in [2.45, 2.75) is 44.6 Å². The van der Waals surface area contributed by atoms with Gasteiger partial charge in [0.15, 0.2) is 11.5 Å². The van der Waals surface area contributed by atoms with Crippen molar-refractivity contribution in [3.63, 3.8) is 0 Å². The maximum atomic E-state index is 6.14. The quantitative estimate of drug-likeness (QED) is 0.745. The number of hydrogen-bond donors (Lipinski definition) is 1. The van der Waals surface area contributed by atoms with Crippen LogP contribution in [0.15, 0.2) is 36.4 Å². The van der Waals surface area contributed by atoms with E-state index < -0.39 is 0 Å². The number of fused-ring (bicyclic) bond motifs is 1. The van der Waals surface area contributed by atoms with E-state index in [9.17, 15) is 0 Å². The molecule has 6 nitrogen and oxygen atoms in total. The zero-order chi connectivity index (χ0) is 18.2. The molecule has 2 aliphatic rings. The highest BCUT2D eigenvalue weighted by atomic mass is 16.5. The first-order valence-electron chi connectivity index (χ1n) is 9.92. The molecular weight excluding hydrogens is 338 g/mol. The predicted octanol–water partition coefficient (Wildman–Crippen LogP) is 3.89. The smallest absolute Gasteiger partial charge is 0.178 e. The minimum absolute atomic E-state index is 0.146. The summed E-state index contributed by atoms with van der Waals surface area (Å²) in [5.41, 5.74) is 3.37. The third-order valence-corrected chi connectivity index (χ3v) is 5.63. The number of hydrogen-bond acceptors (Lipinski definition) is 5. The summed E-state index contributed by atoms with van der Waals surface area (Å²) in [5, 5.41) is 16.8. The van der Waals surface area contributed by atoms with Crippen molar-refractivity contribution in [2.24, 2.45) is 5.92 Å². The summed E-state index contributed by atoms with van der Waals surface area (Å²) in [7, 11) is 0. The minimum atomic E-state index is 0.146. The zero-order valence-electron chi connectivity index (χ0n) is 15.6. The van der Waals surface area contributed by atoms with Crippen LogP contribution in [0.5, 0.6) is 0 Å². The third kappa shape index (κ3) is 3.41. The summed E-state index contributed by atoms with van der Waals surface area (Å²) >= 11 is 0. The number of aromatic nitrogens is 4. The molecule has 2 fully saturated rings. The van der Waals surface area contributed by atoms with Gasteiger partial charge >= 0.3 is 0 Å². The van der Waals surface area contributed by atoms with Gasteiger partial charge in [0.1, 0.15) is 5.82 Å². The van der Waals surface area contributed by atoms with E-state index in [2.05, 4.69) is 46.7 Å². The Labute approximate surface area is 159 Å². The number of nitrogens with one attached hydrogen (secondary N) is 1. The molecule has 6 heteroatoms. The van der Waals surface area contributed by atoms with Gasteiger partial charge in [0.2, 0.25) is 0 Å². The molecule has 140 valence electrons. The van der Waals surface area contributed by atoms with Crippen LogP contribution in [0.3, 0.4) is 0 Å². The van der Waals surface area contributed by atoms with Crippen LogP contribution in [-0.2, 0) is 4.74 Å². The second-order valence-electron chi connectivity index (χ2n) is 7.81. The summed E-state index contributed by atoms with van der Waals surface area (Å²) in [5.74, 6) is 2.83. The van der Waals surface area contributed by atoms with Gasteiger partial charge in [0, 0.05) is 25.0 Å². The van der Waals surface area contributed by atoms with Crippen LogP contribution in [-0.4, -0.2) is 33.0 Å². The Bertz CT molecular complexity index is 931. The molecule has 5 rings (SSSR count). The molecule has 1 N–H and O–H groups in total. The molecule has 1 saturated carbocycles. The summed E-state index contributed by atoms with van der Waals surface area (Å²) in [6.07, 6.45) is 4.80. The number of nitrogens with zero attached hydrogens (tertiary/aromatic N) is 4. The first-order valence-corrected chi connectivity index (χ1v) is 9.92. The van der Waals surface area contributed by atoms with Crippen LogP contribution in [0, 0.1) is 12.8 Å². The highest BCUT2D eigenvalue weighted by Crippen LogP contribution is 2.39. The fraction of sp³-hybridized carbons (Fsp3) is 0.476. The molecule has 0 spiro atoms. The van der Waals surface area contributed by atoms with E-state index in [-0.39, 0.29) is 6.10 Å². The standard InChI is InChI=1S/C21H25N5O/c1-14-4-6-15(7-5-14)20-17(3-2-12-27-20)13-22-18-10-11-19-23-24-21(16-8-9-16)26(19)25-18/h4-7,10-11,16-17,20H,2-3,8-9,12-13H2,1H3,(H,22,25). The monoisotopic (exact) mass is 363 g/mol. The van der Waals surface area contributed by atoms with Crippen LogP contribution >= 0.6 is 0 Å². The Morgan fingerprint density at radius 2 is 1.93 bits per heavy atom. The molecule has 2 unspecified atom stereocenters. The minimum Gasteiger partial charge on any atom is -0.373 e. The van der Waals surface area contributed by atoms with E-state index in [1.54, 1.807) is 0 Å². The van der Waals surface area contributed by atoms with Crippen molar-refractivity contribution in [3.8, 4) is 0 Å². The van der Waals surface area contributed by atoms with E-state index in [1.165, 1.54) is 24.0 Å². The summed E-state index contributed by atoms with van der Waals surface area (Å²) < 4.78 is 8.03. The lowest BCUT2D eigenvalue weighted by Crippen LogP contribution is -2.28. The molecule has 2 aromatic heterocycles. The van der Waals surface area contributed by atoms with Crippen LogP contribution in [0.2, 0.25) is 0 Å². The topological polar surface area (TPSA) is 64.3 Å². The fourth-order valence-electron chi connectivity index (χ4n) is 3.91. The molecule has 2 atom stereocenters. The first-order chi connectivity index (χ1) is 13.3. The van der Waals surface area contributed by atoms with Gasteiger partial charge in [-0.15, -0.1) is 15.3 Å². The van der Waals surface area contributed by atoms with Crippen LogP contribution < -0.4 is 5.32 Å². The predicted molar refractivity (Wildman–Crippen MR) is 104 cm³/mol. The molecule has 1 aliphatic carbocycles. The van der Waals surface area contributed by atoms with E-state index in [0.29, 0.717) is 11.8 Å². The number of benzene rings is 1. The molecule has 0 amide bonds. The lowest BCUT2D eigenvalue weighted by atomic mass is 9.89. The highest BCUT2D eigenvalue weighted by Gasteiger charge is 2.30. The maximum Gasteiger partial charge on any atom is 0.178 e. The van der Waals surface area contributed by atoms with Crippen molar-refractivity contribution < 1.29 is 4.74 Å². The first kappa shape index (κ1) is 16.7. The molecule has 0 radical (unpaired) electrons.